The molecule has 0 radical (unpaired) electrons. The third-order valence-electron chi connectivity index (χ3n) is 2.70. The van der Waals surface area contributed by atoms with E-state index in [2.05, 4.69) is 271 Å². The summed E-state index contributed by atoms with van der Waals surface area (Å²) in [4.78, 5) is 0. The van der Waals surface area contributed by atoms with Crippen molar-refractivity contribution in [2.75, 3.05) is 0 Å². The molecule has 0 unspecified atom stereocenters. The van der Waals surface area contributed by atoms with Crippen molar-refractivity contribution >= 4 is 271 Å². The summed E-state index contributed by atoms with van der Waals surface area (Å²) in [6.07, 6.45) is 0. The van der Waals surface area contributed by atoms with Gasteiger partial charge >= 0.3 is 0 Å². The van der Waals surface area contributed by atoms with E-state index in [9.17, 15) is 0 Å². The summed E-state index contributed by atoms with van der Waals surface area (Å²) in [5, 5.41) is 0. The summed E-state index contributed by atoms with van der Waals surface area (Å²) >= 11 is 63.0. The fourth-order valence-electron chi connectivity index (χ4n) is 1.28. The lowest BCUT2D eigenvalue weighted by molar-refractivity contribution is 0.557. The Labute approximate surface area is 289 Å². The first-order chi connectivity index (χ1) is 10.4. The Bertz CT molecular complexity index is 464. The molecule has 0 spiro atoms. The highest BCUT2D eigenvalue weighted by molar-refractivity contribution is 9.42. The molecule has 0 bridgehead atoms. The fourth-order valence-corrected chi connectivity index (χ4v) is 20.0. The maximum atomic E-state index is 3.85. The summed E-state index contributed by atoms with van der Waals surface area (Å²) in [7, 11) is 0. The Balaban J connectivity index is 6.75. The zero-order chi connectivity index (χ0) is 21.1. The quantitative estimate of drug-likeness (QED) is 0.241. The SMILES string of the molecule is BrC(Br)C(Br)(Br)C(Br)(Br)C(Br)(Br)C(Br)(Br)C(Br)(C(Br)(Br)Br)C(Br)(Br)Br. The standard InChI is InChI=1S/C8HBr17/c9-1(10)2(11,12)4(14,15)6(18,19)5(16,17)3(13,7(20,21)22)8(23,24)25/h1H. The van der Waals surface area contributed by atoms with Gasteiger partial charge in [0.15, 0.2) is 4.29 Å². The maximum Gasteiger partial charge on any atom is 0.155 e. The molecule has 0 aromatic heterocycles. The van der Waals surface area contributed by atoms with Gasteiger partial charge in [0, 0.05) is 0 Å². The van der Waals surface area contributed by atoms with Gasteiger partial charge in [0.1, 0.15) is 17.3 Å². The van der Waals surface area contributed by atoms with Crippen LogP contribution in [-0.2, 0) is 0 Å². The summed E-state index contributed by atoms with van der Waals surface area (Å²) in [5.41, 5.74) is 0. The second kappa shape index (κ2) is 11.0. The molecule has 0 aromatic carbocycles. The van der Waals surface area contributed by atoms with Crippen LogP contribution in [0.1, 0.15) is 0 Å². The van der Waals surface area contributed by atoms with E-state index in [1.807, 2.05) is 0 Å². The van der Waals surface area contributed by atoms with Gasteiger partial charge in [0.05, 0.1) is 3.74 Å². The minimum atomic E-state index is -0.957. The van der Waals surface area contributed by atoms with E-state index in [1.54, 1.807) is 0 Å². The van der Waals surface area contributed by atoms with Crippen LogP contribution in [-0.4, -0.2) is 25.3 Å². The van der Waals surface area contributed by atoms with E-state index >= 15 is 0 Å². The van der Waals surface area contributed by atoms with Gasteiger partial charge in [0.25, 0.3) is 0 Å². The van der Waals surface area contributed by atoms with Crippen molar-refractivity contribution in [2.45, 2.75) is 25.3 Å². The van der Waals surface area contributed by atoms with Crippen LogP contribution < -0.4 is 0 Å². The number of hydrogen-bond donors (Lipinski definition) is 0. The molecular formula is C8HBr17. The zero-order valence-corrected chi connectivity index (χ0v) is 37.5. The second-order valence-electron chi connectivity index (χ2n) is 4.30. The van der Waals surface area contributed by atoms with Gasteiger partial charge < -0.3 is 0 Å². The van der Waals surface area contributed by atoms with Crippen LogP contribution in [0.25, 0.3) is 0 Å². The topological polar surface area (TPSA) is 0 Å². The predicted octanol–water partition coefficient (Wildman–Crippen LogP) is 12.9. The van der Waals surface area contributed by atoms with Crippen LogP contribution in [0.5, 0.6) is 0 Å². The molecule has 0 saturated carbocycles. The average Bonchev–Trinajstić information content (AvgIpc) is 2.33. The van der Waals surface area contributed by atoms with Crippen LogP contribution in [0.4, 0.5) is 0 Å². The molecule has 0 aromatic rings. The zero-order valence-electron chi connectivity index (χ0n) is 10.5. The van der Waals surface area contributed by atoms with Crippen molar-refractivity contribution in [1.29, 1.82) is 0 Å². The summed E-state index contributed by atoms with van der Waals surface area (Å²) in [6.45, 7) is 0. The molecule has 17 heteroatoms. The normalized spacial score (nSPS) is 16.6. The van der Waals surface area contributed by atoms with E-state index in [-0.39, 0.29) is 3.74 Å². The number of hydrogen-bond acceptors (Lipinski definition) is 0. The Morgan fingerprint density at radius 2 is 0.680 bits per heavy atom. The maximum absolute atomic E-state index is 3.85. The minimum absolute atomic E-state index is 0.176. The van der Waals surface area contributed by atoms with Crippen molar-refractivity contribution in [3.8, 4) is 0 Å². The van der Waals surface area contributed by atoms with Gasteiger partial charge in [-0.1, -0.05) is 271 Å². The number of alkyl halides is 17. The summed E-state index contributed by atoms with van der Waals surface area (Å²) in [6, 6.07) is 0. The van der Waals surface area contributed by atoms with E-state index in [1.165, 1.54) is 0 Å². The first kappa shape index (κ1) is 33.2. The van der Waals surface area contributed by atoms with Crippen molar-refractivity contribution < 1.29 is 0 Å². The van der Waals surface area contributed by atoms with Crippen molar-refractivity contribution in [2.24, 2.45) is 0 Å². The van der Waals surface area contributed by atoms with Crippen LogP contribution in [0.3, 0.4) is 0 Å². The minimum Gasteiger partial charge on any atom is -0.0758 e. The summed E-state index contributed by atoms with van der Waals surface area (Å²) < 4.78 is -6.21. The number of halogens is 17. The van der Waals surface area contributed by atoms with Crippen LogP contribution in [0.15, 0.2) is 0 Å². The molecular weight excluding hydrogens is 1450 g/mol. The Morgan fingerprint density at radius 1 is 0.400 bits per heavy atom. The van der Waals surface area contributed by atoms with Gasteiger partial charge in [-0.3, -0.25) is 0 Å². The van der Waals surface area contributed by atoms with Crippen molar-refractivity contribution in [1.82, 2.24) is 0 Å². The molecule has 0 atom stereocenters. The van der Waals surface area contributed by atoms with Crippen LogP contribution in [0.2, 0.25) is 0 Å². The molecule has 0 nitrogen and oxygen atoms in total. The molecule has 0 aliphatic carbocycles. The molecule has 0 heterocycles. The van der Waals surface area contributed by atoms with E-state index < -0.39 is 21.5 Å². The van der Waals surface area contributed by atoms with Crippen LogP contribution in [0, 0.1) is 0 Å². The lowest BCUT2D eigenvalue weighted by Gasteiger charge is -2.58. The molecule has 0 rings (SSSR count). The van der Waals surface area contributed by atoms with E-state index in [4.69, 9.17) is 0 Å². The van der Waals surface area contributed by atoms with Gasteiger partial charge in [0.2, 0.25) is 0 Å². The Kier molecular flexibility index (Phi) is 14.7. The lowest BCUT2D eigenvalue weighted by Crippen LogP contribution is -2.69. The van der Waals surface area contributed by atoms with Crippen molar-refractivity contribution in [3.63, 3.8) is 0 Å². The average molecular weight is 1460 g/mol. The fraction of sp³-hybridized carbons (Fsp3) is 1.00. The summed E-state index contributed by atoms with van der Waals surface area (Å²) in [5.74, 6) is 0. The van der Waals surface area contributed by atoms with Crippen LogP contribution >= 0.6 is 271 Å². The monoisotopic (exact) mass is 1440 g/mol. The van der Waals surface area contributed by atoms with Gasteiger partial charge in [-0.05, 0) is 0 Å². The van der Waals surface area contributed by atoms with Gasteiger partial charge in [-0.25, -0.2) is 0 Å². The molecule has 25 heavy (non-hydrogen) atoms. The third-order valence-corrected chi connectivity index (χ3v) is 31.8. The number of rotatable bonds is 5. The first-order valence-electron chi connectivity index (χ1n) is 5.06. The highest BCUT2D eigenvalue weighted by Gasteiger charge is 2.77. The van der Waals surface area contributed by atoms with Gasteiger partial charge in [-0.2, -0.15) is 0 Å². The highest BCUT2D eigenvalue weighted by Crippen LogP contribution is 2.77. The van der Waals surface area contributed by atoms with E-state index in [0.717, 1.165) is 0 Å². The van der Waals surface area contributed by atoms with E-state index in [0.29, 0.717) is 0 Å². The third kappa shape index (κ3) is 6.30. The highest BCUT2D eigenvalue weighted by atomic mass is 80.0. The first-order valence-corrected chi connectivity index (χ1v) is 18.8. The molecule has 0 saturated heterocycles. The molecule has 0 N–H and O–H groups in total. The largest absolute Gasteiger partial charge is 0.155 e. The van der Waals surface area contributed by atoms with Gasteiger partial charge in [-0.15, -0.1) is 0 Å². The molecule has 152 valence electrons. The molecule has 0 aliphatic heterocycles. The predicted molar refractivity (Wildman–Crippen MR) is 175 cm³/mol. The Morgan fingerprint density at radius 3 is 0.880 bits per heavy atom. The Hall–Kier alpha value is 8.16. The lowest BCUT2D eigenvalue weighted by atomic mass is 10.0. The molecule has 0 fully saturated rings. The molecule has 0 aliphatic rings. The smallest absolute Gasteiger partial charge is 0.0758 e. The second-order valence-corrected chi connectivity index (χ2v) is 36.0. The molecule has 0 amide bonds. The van der Waals surface area contributed by atoms with Crippen molar-refractivity contribution in [3.05, 3.63) is 0 Å².